The molecule has 334 valence electrons. The van der Waals surface area contributed by atoms with Crippen LogP contribution in [0.5, 0.6) is 17.2 Å². The van der Waals surface area contributed by atoms with Gasteiger partial charge in [0.25, 0.3) is 5.60 Å². The van der Waals surface area contributed by atoms with Crippen LogP contribution in [0, 0.1) is 0 Å². The Labute approximate surface area is 361 Å². The molecular weight excluding hydrogens is 831 g/mol. The van der Waals surface area contributed by atoms with Crippen molar-refractivity contribution in [3.8, 4) is 17.2 Å². The van der Waals surface area contributed by atoms with Gasteiger partial charge >= 0.3 is 18.3 Å². The van der Waals surface area contributed by atoms with Crippen molar-refractivity contribution in [3.05, 3.63) is 149 Å². The van der Waals surface area contributed by atoms with Gasteiger partial charge in [-0.05, 0) is 110 Å². The SMILES string of the molecule is CCc1ccc(OC2CCc3cc(C(O)(C(F)(F)F)C(F)(F)F)ccc3NC2)cc1.COc1cccc(O[C@H]2CCc3cc(C(=O)O)ccc3N(C(=O)[C@@H](C)c3ccccc3)C2)c1. The van der Waals surface area contributed by atoms with E-state index in [1.165, 1.54) is 0 Å². The number of alkyl halides is 6. The highest BCUT2D eigenvalue weighted by Crippen LogP contribution is 2.50. The van der Waals surface area contributed by atoms with Crippen LogP contribution < -0.4 is 24.4 Å². The van der Waals surface area contributed by atoms with Gasteiger partial charge in [-0.15, -0.1) is 0 Å². The van der Waals surface area contributed by atoms with Crippen molar-refractivity contribution in [1.29, 1.82) is 0 Å². The van der Waals surface area contributed by atoms with Gasteiger partial charge in [-0.25, -0.2) is 4.79 Å². The molecule has 5 aromatic rings. The first-order chi connectivity index (χ1) is 29.9. The molecule has 3 N–H and O–H groups in total. The molecule has 0 aromatic heterocycles. The number of nitrogens with zero attached hydrogens (tertiary/aromatic N) is 1. The van der Waals surface area contributed by atoms with E-state index in [9.17, 15) is 46.1 Å². The molecule has 2 aliphatic rings. The van der Waals surface area contributed by atoms with E-state index >= 15 is 0 Å². The second-order valence-corrected chi connectivity index (χ2v) is 15.4. The maximum absolute atomic E-state index is 13.7. The number of anilines is 2. The lowest BCUT2D eigenvalue weighted by atomic mass is 9.89. The molecule has 0 saturated carbocycles. The minimum Gasteiger partial charge on any atom is -0.497 e. The number of benzene rings is 5. The molecule has 0 fully saturated rings. The summed E-state index contributed by atoms with van der Waals surface area (Å²) in [4.78, 5) is 26.9. The van der Waals surface area contributed by atoms with E-state index in [1.807, 2.05) is 92.7 Å². The highest BCUT2D eigenvalue weighted by molar-refractivity contribution is 5.99. The summed E-state index contributed by atoms with van der Waals surface area (Å²) in [7, 11) is 1.60. The molecule has 2 aliphatic heterocycles. The molecule has 0 aliphatic carbocycles. The zero-order valence-corrected chi connectivity index (χ0v) is 34.8. The number of ether oxygens (including phenoxy) is 3. The summed E-state index contributed by atoms with van der Waals surface area (Å²) in [5, 5.41) is 22.1. The van der Waals surface area contributed by atoms with Crippen LogP contribution in [0.4, 0.5) is 37.7 Å². The highest BCUT2D eigenvalue weighted by Gasteiger charge is 2.71. The van der Waals surface area contributed by atoms with Gasteiger partial charge in [-0.1, -0.05) is 67.6 Å². The Bertz CT molecular complexity index is 2340. The molecule has 15 heteroatoms. The van der Waals surface area contributed by atoms with Crippen molar-refractivity contribution >= 4 is 23.3 Å². The molecule has 9 nitrogen and oxygen atoms in total. The summed E-state index contributed by atoms with van der Waals surface area (Å²) < 4.78 is 96.4. The van der Waals surface area contributed by atoms with Crippen LogP contribution in [-0.2, 0) is 29.7 Å². The van der Waals surface area contributed by atoms with Crippen molar-refractivity contribution in [2.75, 3.05) is 30.4 Å². The first-order valence-corrected chi connectivity index (χ1v) is 20.4. The number of hydrogen-bond acceptors (Lipinski definition) is 7. The Morgan fingerprint density at radius 1 is 0.762 bits per heavy atom. The molecule has 63 heavy (non-hydrogen) atoms. The van der Waals surface area contributed by atoms with Gasteiger partial charge in [0.2, 0.25) is 5.91 Å². The fraction of sp³-hybridized carbons (Fsp3) is 0.333. The third-order valence-electron chi connectivity index (χ3n) is 11.3. The second-order valence-electron chi connectivity index (χ2n) is 15.4. The summed E-state index contributed by atoms with van der Waals surface area (Å²) in [6.45, 7) is 4.62. The second kappa shape index (κ2) is 19.4. The van der Waals surface area contributed by atoms with Gasteiger partial charge in [0.15, 0.2) is 0 Å². The Morgan fingerprint density at radius 2 is 1.41 bits per heavy atom. The van der Waals surface area contributed by atoms with Gasteiger partial charge in [0, 0.05) is 23.0 Å². The Morgan fingerprint density at radius 3 is 2.06 bits per heavy atom. The van der Waals surface area contributed by atoms with Crippen molar-refractivity contribution < 1.29 is 60.4 Å². The Hall–Kier alpha value is -6.22. The number of halogens is 6. The number of fused-ring (bicyclic) bond motifs is 2. The predicted molar refractivity (Wildman–Crippen MR) is 226 cm³/mol. The first kappa shape index (κ1) is 46.3. The topological polar surface area (TPSA) is 118 Å². The summed E-state index contributed by atoms with van der Waals surface area (Å²) in [5.41, 5.74) is -1.65. The van der Waals surface area contributed by atoms with E-state index in [0.29, 0.717) is 61.4 Å². The number of carboxylic acid groups (broad SMARTS) is 1. The minimum absolute atomic E-state index is 0.0494. The number of aryl methyl sites for hydroxylation is 3. The van der Waals surface area contributed by atoms with E-state index in [0.717, 1.165) is 40.9 Å². The first-order valence-electron chi connectivity index (χ1n) is 20.4. The van der Waals surface area contributed by atoms with Crippen LogP contribution >= 0.6 is 0 Å². The van der Waals surface area contributed by atoms with E-state index in [1.54, 1.807) is 30.2 Å². The van der Waals surface area contributed by atoms with Crippen molar-refractivity contribution in [2.24, 2.45) is 0 Å². The highest BCUT2D eigenvalue weighted by atomic mass is 19.4. The zero-order chi connectivity index (χ0) is 45.5. The number of aliphatic hydroxyl groups is 1. The van der Waals surface area contributed by atoms with Crippen LogP contribution in [0.2, 0.25) is 0 Å². The number of hydrogen-bond donors (Lipinski definition) is 3. The summed E-state index contributed by atoms with van der Waals surface area (Å²) in [6.07, 6.45) is -9.69. The smallest absolute Gasteiger partial charge is 0.430 e. The van der Waals surface area contributed by atoms with Crippen molar-refractivity contribution in [3.63, 3.8) is 0 Å². The lowest BCUT2D eigenvalue weighted by Crippen LogP contribution is -2.53. The summed E-state index contributed by atoms with van der Waals surface area (Å²) in [6, 6.07) is 32.0. The van der Waals surface area contributed by atoms with Crippen molar-refractivity contribution in [2.45, 2.75) is 82.0 Å². The average Bonchev–Trinajstić information content (AvgIpc) is 3.59. The molecule has 0 radical (unpaired) electrons. The summed E-state index contributed by atoms with van der Waals surface area (Å²) >= 11 is 0. The maximum atomic E-state index is 13.7. The molecule has 3 atom stereocenters. The number of carbonyl (C=O) groups excluding carboxylic acids is 1. The molecule has 0 bridgehead atoms. The zero-order valence-electron chi connectivity index (χ0n) is 34.8. The number of nitrogens with one attached hydrogen (secondary N) is 1. The van der Waals surface area contributed by atoms with E-state index in [4.69, 9.17) is 14.2 Å². The molecule has 0 saturated heterocycles. The lowest BCUT2D eigenvalue weighted by molar-refractivity contribution is -0.376. The number of methoxy groups -OCH3 is 1. The van der Waals surface area contributed by atoms with E-state index < -0.39 is 29.5 Å². The molecular formula is C48H48F6N2O7. The van der Waals surface area contributed by atoms with Crippen LogP contribution in [0.15, 0.2) is 115 Å². The molecule has 2 heterocycles. The van der Waals surface area contributed by atoms with Crippen LogP contribution in [-0.4, -0.2) is 66.8 Å². The van der Waals surface area contributed by atoms with E-state index in [2.05, 4.69) is 5.32 Å². The Balaban J connectivity index is 0.000000211. The fourth-order valence-corrected chi connectivity index (χ4v) is 7.61. The third-order valence-corrected chi connectivity index (χ3v) is 11.3. The standard InChI is InChI=1S/C27H27NO5.C21H21F6NO2/c1-18(19-7-4-3-5-8-19)26(29)28-17-24(33-23-10-6-9-22(16-23)32-2)13-11-20-15-21(27(30)31)12-14-25(20)28;1-2-13-3-7-16(8-4-13)30-17-9-5-14-11-15(6-10-18(14)28-12-17)19(29,20(22,23)24)21(25,26)27/h3-10,12,14-16,18,24H,11,13,17H2,1-2H3,(H,30,31);3-4,6-8,10-11,17,28-29H,2,5,9,12H2,1H3/t18-,24-;/m0./s1. The lowest BCUT2D eigenvalue weighted by Gasteiger charge is -2.33. The molecule has 1 amide bonds. The minimum atomic E-state index is -5.91. The molecule has 5 aromatic carbocycles. The predicted octanol–water partition coefficient (Wildman–Crippen LogP) is 10.3. The van der Waals surface area contributed by atoms with Gasteiger partial charge < -0.3 is 34.6 Å². The van der Waals surface area contributed by atoms with Crippen molar-refractivity contribution in [1.82, 2.24) is 0 Å². The third kappa shape index (κ3) is 10.7. The van der Waals surface area contributed by atoms with Gasteiger partial charge in [0.05, 0.1) is 31.7 Å². The normalized spacial score (nSPS) is 17.0. The van der Waals surface area contributed by atoms with Crippen LogP contribution in [0.3, 0.4) is 0 Å². The molecule has 0 spiro atoms. The number of rotatable bonds is 10. The maximum Gasteiger partial charge on any atom is 0.430 e. The monoisotopic (exact) mass is 878 g/mol. The summed E-state index contributed by atoms with van der Waals surface area (Å²) in [5.74, 6) is 0.609. The van der Waals surface area contributed by atoms with E-state index in [-0.39, 0.29) is 41.6 Å². The van der Waals surface area contributed by atoms with Crippen LogP contribution in [0.1, 0.15) is 70.8 Å². The number of aromatic carboxylic acids is 1. The van der Waals surface area contributed by atoms with Gasteiger partial charge in [-0.2, -0.15) is 26.3 Å². The van der Waals surface area contributed by atoms with Gasteiger partial charge in [0.1, 0.15) is 29.5 Å². The largest absolute Gasteiger partial charge is 0.497 e. The molecule has 7 rings (SSSR count). The molecule has 1 unspecified atom stereocenters. The number of carboxylic acids is 1. The van der Waals surface area contributed by atoms with Gasteiger partial charge in [-0.3, -0.25) is 4.79 Å². The fourth-order valence-electron chi connectivity index (χ4n) is 7.61. The Kier molecular flexibility index (Phi) is 14.3. The van der Waals surface area contributed by atoms with Crippen LogP contribution in [0.25, 0.3) is 0 Å². The average molecular weight is 879 g/mol. The number of amides is 1. The quantitative estimate of drug-likeness (QED) is 0.119. The number of carbonyl (C=O) groups is 2.